The highest BCUT2D eigenvalue weighted by atomic mass is 35.5. The molecule has 0 atom stereocenters. The zero-order chi connectivity index (χ0) is 20.2. The highest BCUT2D eigenvalue weighted by Crippen LogP contribution is 2.34. The third kappa shape index (κ3) is 4.64. The van der Waals surface area contributed by atoms with Crippen LogP contribution in [0.25, 0.3) is 22.5 Å². The van der Waals surface area contributed by atoms with Gasteiger partial charge in [-0.25, -0.2) is 24.9 Å². The van der Waals surface area contributed by atoms with Crippen molar-refractivity contribution in [1.82, 2.24) is 29.9 Å². The molecule has 10 heteroatoms. The molecule has 4 aromatic rings. The monoisotopic (exact) mass is 445 g/mol. The Labute approximate surface area is 181 Å². The first-order valence-corrected chi connectivity index (χ1v) is 9.75. The zero-order valence-corrected chi connectivity index (χ0v) is 17.2. The van der Waals surface area contributed by atoms with Crippen LogP contribution in [-0.4, -0.2) is 36.4 Å². The Hall–Kier alpha value is -2.74. The summed E-state index contributed by atoms with van der Waals surface area (Å²) in [6.45, 7) is 0.574. The molecule has 0 amide bonds. The Morgan fingerprint density at radius 3 is 2.62 bits per heavy atom. The van der Waals surface area contributed by atoms with Gasteiger partial charge in [0.2, 0.25) is 0 Å². The average molecular weight is 447 g/mol. The molecule has 7 nitrogen and oxygen atoms in total. The van der Waals surface area contributed by atoms with Crippen LogP contribution in [0.15, 0.2) is 49.3 Å². The molecule has 0 spiro atoms. The van der Waals surface area contributed by atoms with E-state index >= 15 is 0 Å². The van der Waals surface area contributed by atoms with Gasteiger partial charge in [0, 0.05) is 41.4 Å². The molecule has 2 N–H and O–H groups in total. The molecule has 0 saturated heterocycles. The van der Waals surface area contributed by atoms with Gasteiger partial charge in [-0.1, -0.05) is 34.8 Å². The van der Waals surface area contributed by atoms with Crippen LogP contribution in [0.1, 0.15) is 5.82 Å². The summed E-state index contributed by atoms with van der Waals surface area (Å²) in [5.74, 6) is 1.29. The fourth-order valence-corrected chi connectivity index (χ4v) is 3.40. The number of hydrogen-bond donors (Lipinski definition) is 2. The largest absolute Gasteiger partial charge is 0.369 e. The van der Waals surface area contributed by atoms with E-state index in [0.29, 0.717) is 45.5 Å². The van der Waals surface area contributed by atoms with E-state index in [1.165, 1.54) is 6.33 Å². The number of imidazole rings is 1. The number of nitrogens with zero attached hydrogens (tertiary/aromatic N) is 5. The van der Waals surface area contributed by atoms with Crippen molar-refractivity contribution < 1.29 is 0 Å². The van der Waals surface area contributed by atoms with Gasteiger partial charge in [-0.2, -0.15) is 0 Å². The first-order valence-electron chi connectivity index (χ1n) is 8.61. The maximum absolute atomic E-state index is 6.44. The van der Waals surface area contributed by atoms with E-state index in [4.69, 9.17) is 39.8 Å². The van der Waals surface area contributed by atoms with Gasteiger partial charge in [0.25, 0.3) is 0 Å². The molecule has 29 heavy (non-hydrogen) atoms. The van der Waals surface area contributed by atoms with Crippen LogP contribution < -0.4 is 5.32 Å². The van der Waals surface area contributed by atoms with Crippen LogP contribution in [0, 0.1) is 0 Å². The lowest BCUT2D eigenvalue weighted by atomic mass is 10.0. The van der Waals surface area contributed by atoms with Gasteiger partial charge < -0.3 is 10.3 Å². The minimum Gasteiger partial charge on any atom is -0.369 e. The van der Waals surface area contributed by atoms with Crippen LogP contribution in [0.3, 0.4) is 0 Å². The van der Waals surface area contributed by atoms with E-state index < -0.39 is 0 Å². The number of H-pyrrole nitrogens is 1. The van der Waals surface area contributed by atoms with E-state index in [2.05, 4.69) is 30.2 Å². The van der Waals surface area contributed by atoms with E-state index in [9.17, 15) is 0 Å². The molecule has 146 valence electrons. The number of rotatable bonds is 6. The van der Waals surface area contributed by atoms with Gasteiger partial charge in [-0.15, -0.1) is 0 Å². The third-order valence-electron chi connectivity index (χ3n) is 4.10. The molecular weight excluding hydrogens is 433 g/mol. The number of aromatic amines is 1. The first kappa shape index (κ1) is 19.6. The summed E-state index contributed by atoms with van der Waals surface area (Å²) in [6.07, 6.45) is 7.06. The normalized spacial score (nSPS) is 10.9. The molecule has 0 unspecified atom stereocenters. The van der Waals surface area contributed by atoms with Crippen molar-refractivity contribution >= 4 is 40.6 Å². The molecule has 0 aliphatic carbocycles. The van der Waals surface area contributed by atoms with Crippen molar-refractivity contribution in [3.8, 4) is 22.5 Å². The van der Waals surface area contributed by atoms with E-state index in [-0.39, 0.29) is 0 Å². The van der Waals surface area contributed by atoms with Gasteiger partial charge >= 0.3 is 0 Å². The summed E-state index contributed by atoms with van der Waals surface area (Å²) in [5, 5.41) is 4.63. The minimum atomic E-state index is 0.377. The van der Waals surface area contributed by atoms with Crippen LogP contribution in [-0.2, 0) is 6.42 Å². The Balaban J connectivity index is 1.63. The highest BCUT2D eigenvalue weighted by molar-refractivity contribution is 6.36. The van der Waals surface area contributed by atoms with Gasteiger partial charge in [-0.05, 0) is 18.2 Å². The van der Waals surface area contributed by atoms with Crippen LogP contribution in [0.5, 0.6) is 0 Å². The van der Waals surface area contributed by atoms with Gasteiger partial charge in [0.15, 0.2) is 0 Å². The molecule has 0 aliphatic heterocycles. The maximum Gasteiger partial charge on any atom is 0.134 e. The molecule has 0 radical (unpaired) electrons. The van der Waals surface area contributed by atoms with E-state index in [1.54, 1.807) is 36.9 Å². The number of anilines is 1. The smallest absolute Gasteiger partial charge is 0.134 e. The van der Waals surface area contributed by atoms with Crippen LogP contribution >= 0.6 is 34.8 Å². The Kier molecular flexibility index (Phi) is 5.89. The second kappa shape index (κ2) is 8.73. The number of benzene rings is 1. The van der Waals surface area contributed by atoms with Crippen LogP contribution in [0.2, 0.25) is 15.2 Å². The Bertz CT molecular complexity index is 1130. The average Bonchev–Trinajstić information content (AvgIpc) is 3.23. The third-order valence-corrected chi connectivity index (χ3v) is 4.86. The summed E-state index contributed by atoms with van der Waals surface area (Å²) in [4.78, 5) is 24.4. The lowest BCUT2D eigenvalue weighted by molar-refractivity contribution is 0.892. The zero-order valence-electron chi connectivity index (χ0n) is 14.9. The highest BCUT2D eigenvalue weighted by Gasteiger charge is 2.15. The first-order chi connectivity index (χ1) is 14.1. The molecule has 1 aromatic carbocycles. The molecule has 0 aliphatic rings. The summed E-state index contributed by atoms with van der Waals surface area (Å²) in [6, 6.07) is 6.97. The molecule has 0 fully saturated rings. The van der Waals surface area contributed by atoms with E-state index in [0.717, 1.165) is 16.8 Å². The number of hydrogen-bond acceptors (Lipinski definition) is 6. The van der Waals surface area contributed by atoms with Crippen molar-refractivity contribution in [3.63, 3.8) is 0 Å². The fourth-order valence-electron chi connectivity index (χ4n) is 2.76. The summed E-state index contributed by atoms with van der Waals surface area (Å²) in [5.41, 5.74) is 3.06. The van der Waals surface area contributed by atoms with E-state index in [1.807, 2.05) is 6.07 Å². The van der Waals surface area contributed by atoms with Crippen LogP contribution in [0.4, 0.5) is 5.82 Å². The quantitative estimate of drug-likeness (QED) is 0.408. The standard InChI is InChI=1S/C19H14Cl3N7/c20-11-1-2-12(14(21)5-11)19-13(15-8-23-9-26-15)7-25-17(29-19)3-4-24-18-6-16(22)27-10-28-18/h1-2,5-10H,3-4H2,(H,23,26)(H,24,27,28). The van der Waals surface area contributed by atoms with Gasteiger partial charge in [-0.3, -0.25) is 0 Å². The Morgan fingerprint density at radius 2 is 1.86 bits per heavy atom. The second-order valence-electron chi connectivity index (χ2n) is 6.04. The predicted octanol–water partition coefficient (Wildman–Crippen LogP) is 4.94. The van der Waals surface area contributed by atoms with Gasteiger partial charge in [0.05, 0.1) is 28.9 Å². The Morgan fingerprint density at radius 1 is 0.966 bits per heavy atom. The SMILES string of the molecule is Clc1ccc(-c2nc(CCNc3cc(Cl)ncn3)ncc2-c2cnc[nH]2)c(Cl)c1. The number of aromatic nitrogens is 6. The molecule has 4 rings (SSSR count). The minimum absolute atomic E-state index is 0.377. The number of halogens is 3. The van der Waals surface area contributed by atoms with Gasteiger partial charge in [0.1, 0.15) is 23.1 Å². The number of nitrogens with one attached hydrogen (secondary N) is 2. The molecule has 3 aromatic heterocycles. The van der Waals surface area contributed by atoms with Crippen molar-refractivity contribution in [2.75, 3.05) is 11.9 Å². The second-order valence-corrected chi connectivity index (χ2v) is 7.27. The summed E-state index contributed by atoms with van der Waals surface area (Å²) < 4.78 is 0. The summed E-state index contributed by atoms with van der Waals surface area (Å²) >= 11 is 18.4. The maximum atomic E-state index is 6.44. The summed E-state index contributed by atoms with van der Waals surface area (Å²) in [7, 11) is 0. The van der Waals surface area contributed by atoms with Crippen molar-refractivity contribution in [3.05, 3.63) is 70.3 Å². The van der Waals surface area contributed by atoms with Crippen molar-refractivity contribution in [1.29, 1.82) is 0 Å². The topological polar surface area (TPSA) is 92.3 Å². The lowest BCUT2D eigenvalue weighted by Gasteiger charge is -2.11. The lowest BCUT2D eigenvalue weighted by Crippen LogP contribution is -2.09. The predicted molar refractivity (Wildman–Crippen MR) is 114 cm³/mol. The molecular formula is C19H14Cl3N7. The van der Waals surface area contributed by atoms with Crippen molar-refractivity contribution in [2.24, 2.45) is 0 Å². The molecule has 0 bridgehead atoms. The molecule has 0 saturated carbocycles. The molecule has 3 heterocycles. The fraction of sp³-hybridized carbons (Fsp3) is 0.105. The van der Waals surface area contributed by atoms with Crippen molar-refractivity contribution in [2.45, 2.75) is 6.42 Å².